The quantitative estimate of drug-likeness (QED) is 0.505. The molecule has 1 N–H and O–H groups in total. The molecule has 0 saturated carbocycles. The highest BCUT2D eigenvalue weighted by Crippen LogP contribution is 2.15. The lowest BCUT2D eigenvalue weighted by Crippen LogP contribution is -2.49. The lowest BCUT2D eigenvalue weighted by Gasteiger charge is -2.28. The van der Waals surface area contributed by atoms with E-state index in [1.165, 1.54) is 16.7 Å². The van der Waals surface area contributed by atoms with Crippen molar-refractivity contribution in [2.24, 2.45) is 0 Å². The van der Waals surface area contributed by atoms with E-state index in [-0.39, 0.29) is 11.8 Å². The molecule has 2 aromatic rings. The minimum atomic E-state index is -0.474. The molecule has 0 aliphatic heterocycles. The molecule has 0 heterocycles. The van der Waals surface area contributed by atoms with E-state index >= 15 is 0 Å². The average Bonchev–Trinajstić information content (AvgIpc) is 2.76. The predicted molar refractivity (Wildman–Crippen MR) is 127 cm³/mol. The monoisotopic (exact) mass is 426 g/mol. The second-order valence-electron chi connectivity index (χ2n) is 7.62. The Morgan fingerprint density at radius 1 is 1.03 bits per heavy atom. The molecule has 0 saturated heterocycles. The van der Waals surface area contributed by atoms with Crippen LogP contribution in [0.15, 0.2) is 54.6 Å². The molecule has 0 aliphatic carbocycles. The van der Waals surface area contributed by atoms with Crippen molar-refractivity contribution in [3.8, 4) is 0 Å². The van der Waals surface area contributed by atoms with E-state index in [1.54, 1.807) is 16.7 Å². The Balaban J connectivity index is 1.96. The summed E-state index contributed by atoms with van der Waals surface area (Å²) in [7, 11) is 0. The molecule has 2 amide bonds. The SMILES string of the molecule is CCCCNC(=O)[C@H](C)N(CCc1ccccc1)C(=O)CSCc1ccc(C)cc1. The molecule has 2 aromatic carbocycles. The van der Waals surface area contributed by atoms with Gasteiger partial charge in [-0.15, -0.1) is 11.8 Å². The third-order valence-corrected chi connectivity index (χ3v) is 6.08. The van der Waals surface area contributed by atoms with E-state index < -0.39 is 6.04 Å². The molecule has 2 rings (SSSR count). The number of nitrogens with one attached hydrogen (secondary N) is 1. The molecule has 0 fully saturated rings. The number of aryl methyl sites for hydroxylation is 1. The molecule has 30 heavy (non-hydrogen) atoms. The maximum atomic E-state index is 13.0. The Morgan fingerprint density at radius 3 is 2.40 bits per heavy atom. The number of carbonyl (C=O) groups excluding carboxylic acids is 2. The number of benzene rings is 2. The van der Waals surface area contributed by atoms with Crippen LogP contribution >= 0.6 is 11.8 Å². The standard InChI is InChI=1S/C25H34N2O2S/c1-4-5-16-26-25(29)21(3)27(17-15-22-9-7-6-8-10-22)24(28)19-30-18-23-13-11-20(2)12-14-23/h6-14,21H,4-5,15-19H2,1-3H3,(H,26,29)/t21-/m0/s1. The van der Waals surface area contributed by atoms with Crippen LogP contribution in [-0.4, -0.2) is 41.6 Å². The summed E-state index contributed by atoms with van der Waals surface area (Å²) in [6.45, 7) is 7.18. The second kappa shape index (κ2) is 13.1. The second-order valence-corrected chi connectivity index (χ2v) is 8.61. The zero-order valence-electron chi connectivity index (χ0n) is 18.4. The Kier molecular flexibility index (Phi) is 10.5. The van der Waals surface area contributed by atoms with Crippen molar-refractivity contribution in [1.29, 1.82) is 0 Å². The number of amides is 2. The zero-order chi connectivity index (χ0) is 21.8. The van der Waals surface area contributed by atoms with Crippen molar-refractivity contribution in [2.45, 2.75) is 51.8 Å². The number of nitrogens with zero attached hydrogens (tertiary/aromatic N) is 1. The van der Waals surface area contributed by atoms with Crippen LogP contribution in [0.25, 0.3) is 0 Å². The molecule has 0 radical (unpaired) electrons. The normalized spacial score (nSPS) is 11.7. The largest absolute Gasteiger partial charge is 0.354 e. The number of hydrogen-bond acceptors (Lipinski definition) is 3. The molecule has 0 bridgehead atoms. The lowest BCUT2D eigenvalue weighted by atomic mass is 10.1. The van der Waals surface area contributed by atoms with E-state index in [1.807, 2.05) is 25.1 Å². The summed E-state index contributed by atoms with van der Waals surface area (Å²) < 4.78 is 0. The van der Waals surface area contributed by atoms with Gasteiger partial charge in [-0.25, -0.2) is 0 Å². The number of carbonyl (C=O) groups is 2. The van der Waals surface area contributed by atoms with E-state index in [4.69, 9.17) is 0 Å². The summed E-state index contributed by atoms with van der Waals surface area (Å²) in [4.78, 5) is 27.3. The Bertz CT molecular complexity index is 777. The summed E-state index contributed by atoms with van der Waals surface area (Å²) in [5.74, 6) is 1.10. The maximum Gasteiger partial charge on any atom is 0.242 e. The van der Waals surface area contributed by atoms with Crippen LogP contribution in [-0.2, 0) is 21.8 Å². The van der Waals surface area contributed by atoms with Crippen molar-refractivity contribution < 1.29 is 9.59 Å². The van der Waals surface area contributed by atoms with Crippen LogP contribution in [0.1, 0.15) is 43.4 Å². The van der Waals surface area contributed by atoms with Crippen LogP contribution in [0.5, 0.6) is 0 Å². The average molecular weight is 427 g/mol. The Labute approximate surface area is 185 Å². The van der Waals surface area contributed by atoms with Gasteiger partial charge in [-0.1, -0.05) is 73.5 Å². The highest BCUT2D eigenvalue weighted by atomic mass is 32.2. The molecule has 0 unspecified atom stereocenters. The first kappa shape index (κ1) is 24.0. The summed E-state index contributed by atoms with van der Waals surface area (Å²) in [5.41, 5.74) is 3.61. The molecular formula is C25H34N2O2S. The topological polar surface area (TPSA) is 49.4 Å². The van der Waals surface area contributed by atoms with Gasteiger partial charge in [0.05, 0.1) is 5.75 Å². The summed E-state index contributed by atoms with van der Waals surface area (Å²) in [6, 6.07) is 18.0. The fraction of sp³-hybridized carbons (Fsp3) is 0.440. The van der Waals surface area contributed by atoms with Gasteiger partial charge < -0.3 is 10.2 Å². The highest BCUT2D eigenvalue weighted by molar-refractivity contribution is 7.99. The van der Waals surface area contributed by atoms with Crippen molar-refractivity contribution in [2.75, 3.05) is 18.8 Å². The Morgan fingerprint density at radius 2 is 1.73 bits per heavy atom. The van der Waals surface area contributed by atoms with Crippen molar-refractivity contribution >= 4 is 23.6 Å². The van der Waals surface area contributed by atoms with Crippen LogP contribution in [0.4, 0.5) is 0 Å². The third kappa shape index (κ3) is 8.23. The van der Waals surface area contributed by atoms with Gasteiger partial charge in [0.25, 0.3) is 0 Å². The minimum Gasteiger partial charge on any atom is -0.354 e. The van der Waals surface area contributed by atoms with Crippen LogP contribution in [0.3, 0.4) is 0 Å². The van der Waals surface area contributed by atoms with Crippen LogP contribution < -0.4 is 5.32 Å². The van der Waals surface area contributed by atoms with Gasteiger partial charge in [-0.05, 0) is 37.8 Å². The van der Waals surface area contributed by atoms with Gasteiger partial charge in [-0.2, -0.15) is 0 Å². The lowest BCUT2D eigenvalue weighted by molar-refractivity contribution is -0.137. The summed E-state index contributed by atoms with van der Waals surface area (Å²) in [5, 5.41) is 2.96. The number of hydrogen-bond donors (Lipinski definition) is 1. The molecule has 1 atom stereocenters. The van der Waals surface area contributed by atoms with Gasteiger partial charge in [0.2, 0.25) is 11.8 Å². The summed E-state index contributed by atoms with van der Waals surface area (Å²) in [6.07, 6.45) is 2.71. The van der Waals surface area contributed by atoms with Crippen molar-refractivity contribution in [3.05, 3.63) is 71.3 Å². The molecular weight excluding hydrogens is 392 g/mol. The minimum absolute atomic E-state index is 0.0150. The first-order valence-corrected chi connectivity index (χ1v) is 11.9. The van der Waals surface area contributed by atoms with Crippen molar-refractivity contribution in [1.82, 2.24) is 10.2 Å². The van der Waals surface area contributed by atoms with E-state index in [0.717, 1.165) is 25.0 Å². The fourth-order valence-electron chi connectivity index (χ4n) is 3.13. The van der Waals surface area contributed by atoms with Crippen LogP contribution in [0.2, 0.25) is 0 Å². The van der Waals surface area contributed by atoms with E-state index in [9.17, 15) is 9.59 Å². The van der Waals surface area contributed by atoms with Gasteiger partial charge in [0.1, 0.15) is 6.04 Å². The number of rotatable bonds is 12. The summed E-state index contributed by atoms with van der Waals surface area (Å²) >= 11 is 1.60. The number of thioether (sulfide) groups is 1. The first-order valence-electron chi connectivity index (χ1n) is 10.8. The van der Waals surface area contributed by atoms with Gasteiger partial charge >= 0.3 is 0 Å². The molecule has 0 aliphatic rings. The zero-order valence-corrected chi connectivity index (χ0v) is 19.2. The first-order chi connectivity index (χ1) is 14.5. The third-order valence-electron chi connectivity index (χ3n) is 5.10. The van der Waals surface area contributed by atoms with Gasteiger partial charge in [0.15, 0.2) is 0 Å². The number of unbranched alkanes of at least 4 members (excludes halogenated alkanes) is 1. The predicted octanol–water partition coefficient (Wildman–Crippen LogP) is 4.60. The molecule has 162 valence electrons. The maximum absolute atomic E-state index is 13.0. The Hall–Kier alpha value is -2.27. The molecule has 0 spiro atoms. The highest BCUT2D eigenvalue weighted by Gasteiger charge is 2.25. The molecule has 4 nitrogen and oxygen atoms in total. The van der Waals surface area contributed by atoms with Gasteiger partial charge in [0, 0.05) is 18.8 Å². The molecule has 5 heteroatoms. The molecule has 0 aromatic heterocycles. The fourth-order valence-corrected chi connectivity index (χ4v) is 4.00. The van der Waals surface area contributed by atoms with E-state index in [2.05, 4.69) is 55.6 Å². The van der Waals surface area contributed by atoms with Crippen LogP contribution in [0, 0.1) is 6.92 Å². The van der Waals surface area contributed by atoms with Gasteiger partial charge in [-0.3, -0.25) is 9.59 Å². The van der Waals surface area contributed by atoms with E-state index in [0.29, 0.717) is 18.8 Å². The smallest absolute Gasteiger partial charge is 0.242 e. The van der Waals surface area contributed by atoms with Crippen molar-refractivity contribution in [3.63, 3.8) is 0 Å².